The number of halogens is 1. The van der Waals surface area contributed by atoms with Crippen molar-refractivity contribution in [2.75, 3.05) is 7.11 Å². The van der Waals surface area contributed by atoms with Crippen molar-refractivity contribution >= 4 is 0 Å². The second-order valence-electron chi connectivity index (χ2n) is 3.48. The molecule has 1 radical (unpaired) electrons. The summed E-state index contributed by atoms with van der Waals surface area (Å²) in [5.41, 5.74) is 1.01. The lowest BCUT2D eigenvalue weighted by Crippen LogP contribution is -1.98. The molecule has 0 aliphatic heterocycles. The van der Waals surface area contributed by atoms with Gasteiger partial charge in [-0.2, -0.15) is 0 Å². The quantitative estimate of drug-likeness (QED) is 0.804. The molecule has 0 N–H and O–H groups in total. The number of hydrogen-bond donors (Lipinski definition) is 0. The standard InChI is InChI=1S/C14H12FO2/c1-16-14-12(15)8-5-9-13(14)17-10-11-6-3-2-4-7-11/h2-4,6-9H,10H2,1H3. The van der Waals surface area contributed by atoms with Crippen LogP contribution >= 0.6 is 0 Å². The van der Waals surface area contributed by atoms with Gasteiger partial charge in [0.05, 0.1) is 7.11 Å². The minimum atomic E-state index is -0.474. The van der Waals surface area contributed by atoms with Crippen LogP contribution in [0.25, 0.3) is 0 Å². The molecule has 3 heteroatoms. The third-order valence-corrected chi connectivity index (χ3v) is 2.31. The van der Waals surface area contributed by atoms with Crippen molar-refractivity contribution in [3.05, 3.63) is 59.9 Å². The molecule has 0 fully saturated rings. The van der Waals surface area contributed by atoms with E-state index < -0.39 is 5.82 Å². The Kier molecular flexibility index (Phi) is 3.60. The van der Waals surface area contributed by atoms with Crippen molar-refractivity contribution in [1.82, 2.24) is 0 Å². The van der Waals surface area contributed by atoms with Crippen LogP contribution in [0.15, 0.2) is 42.5 Å². The number of rotatable bonds is 4. The average molecular weight is 231 g/mol. The Labute approximate surface area is 99.6 Å². The highest BCUT2D eigenvalue weighted by Crippen LogP contribution is 2.29. The minimum Gasteiger partial charge on any atom is -0.490 e. The van der Waals surface area contributed by atoms with Gasteiger partial charge in [0.1, 0.15) is 6.61 Å². The monoisotopic (exact) mass is 231 g/mol. The third-order valence-electron chi connectivity index (χ3n) is 2.31. The zero-order valence-electron chi connectivity index (χ0n) is 9.44. The highest BCUT2D eigenvalue weighted by molar-refractivity contribution is 5.40. The highest BCUT2D eigenvalue weighted by atomic mass is 19.1. The van der Waals surface area contributed by atoms with Gasteiger partial charge < -0.3 is 9.47 Å². The molecule has 2 aromatic carbocycles. The van der Waals surface area contributed by atoms with Crippen molar-refractivity contribution < 1.29 is 13.9 Å². The lowest BCUT2D eigenvalue weighted by atomic mass is 10.2. The predicted molar refractivity (Wildman–Crippen MR) is 62.6 cm³/mol. The van der Waals surface area contributed by atoms with Gasteiger partial charge in [-0.25, -0.2) is 4.39 Å². The fourth-order valence-corrected chi connectivity index (χ4v) is 1.48. The summed E-state index contributed by atoms with van der Waals surface area (Å²) in [7, 11) is 1.41. The van der Waals surface area contributed by atoms with E-state index in [1.807, 2.05) is 30.3 Å². The van der Waals surface area contributed by atoms with Crippen molar-refractivity contribution in [2.24, 2.45) is 0 Å². The predicted octanol–water partition coefficient (Wildman–Crippen LogP) is 3.21. The summed E-state index contributed by atoms with van der Waals surface area (Å²) in [5, 5.41) is 0. The first kappa shape index (κ1) is 11.5. The first-order valence-electron chi connectivity index (χ1n) is 5.21. The first-order chi connectivity index (χ1) is 8.31. The summed E-state index contributed by atoms with van der Waals surface area (Å²) in [6, 6.07) is 15.1. The van der Waals surface area contributed by atoms with Gasteiger partial charge in [-0.05, 0) is 23.8 Å². The van der Waals surface area contributed by atoms with Crippen LogP contribution in [0.1, 0.15) is 5.56 Å². The maximum absolute atomic E-state index is 13.3. The summed E-state index contributed by atoms with van der Waals surface area (Å²) in [4.78, 5) is 0. The molecule has 0 unspecified atom stereocenters. The maximum Gasteiger partial charge on any atom is 0.196 e. The van der Waals surface area contributed by atoms with Gasteiger partial charge in [0.2, 0.25) is 0 Å². The molecule has 2 rings (SSSR count). The number of methoxy groups -OCH3 is 1. The third kappa shape index (κ3) is 2.75. The normalized spacial score (nSPS) is 10.0. The van der Waals surface area contributed by atoms with Gasteiger partial charge in [0.15, 0.2) is 17.3 Å². The molecule has 0 spiro atoms. The molecule has 87 valence electrons. The number of benzene rings is 2. The second kappa shape index (κ2) is 5.34. The Bertz CT molecular complexity index is 483. The van der Waals surface area contributed by atoms with Crippen molar-refractivity contribution in [3.8, 4) is 11.5 Å². The first-order valence-corrected chi connectivity index (χ1v) is 5.21. The molecule has 0 aromatic heterocycles. The van der Waals surface area contributed by atoms with Crippen LogP contribution in [0.3, 0.4) is 0 Å². The summed E-state index contributed by atoms with van der Waals surface area (Å²) in [6.45, 7) is 0.370. The van der Waals surface area contributed by atoms with Crippen LogP contribution in [-0.2, 0) is 6.61 Å². The van der Waals surface area contributed by atoms with Crippen LogP contribution in [-0.4, -0.2) is 7.11 Å². The Morgan fingerprint density at radius 2 is 1.94 bits per heavy atom. The van der Waals surface area contributed by atoms with E-state index in [4.69, 9.17) is 9.47 Å². The summed E-state index contributed by atoms with van der Waals surface area (Å²) >= 11 is 0. The number of hydrogen-bond acceptors (Lipinski definition) is 2. The second-order valence-corrected chi connectivity index (χ2v) is 3.48. The fourth-order valence-electron chi connectivity index (χ4n) is 1.48. The lowest BCUT2D eigenvalue weighted by molar-refractivity contribution is 0.277. The van der Waals surface area contributed by atoms with Gasteiger partial charge in [0, 0.05) is 0 Å². The van der Waals surface area contributed by atoms with Crippen LogP contribution in [0.5, 0.6) is 11.5 Å². The topological polar surface area (TPSA) is 18.5 Å². The molecule has 0 saturated carbocycles. The number of ether oxygens (including phenoxy) is 2. The van der Waals surface area contributed by atoms with E-state index in [9.17, 15) is 4.39 Å². The molecule has 0 aliphatic rings. The van der Waals surface area contributed by atoms with E-state index in [1.54, 1.807) is 6.07 Å². The maximum atomic E-state index is 13.3. The molecule has 0 amide bonds. The summed E-state index contributed by atoms with van der Waals surface area (Å²) in [5.74, 6) is -0.00547. The Balaban J connectivity index is 2.12. The average Bonchev–Trinajstić information content (AvgIpc) is 2.37. The van der Waals surface area contributed by atoms with Gasteiger partial charge in [-0.3, -0.25) is 0 Å². The molecule has 0 heterocycles. The van der Waals surface area contributed by atoms with Gasteiger partial charge >= 0.3 is 0 Å². The van der Waals surface area contributed by atoms with E-state index in [0.717, 1.165) is 5.56 Å². The van der Waals surface area contributed by atoms with Crippen molar-refractivity contribution in [3.63, 3.8) is 0 Å². The van der Waals surface area contributed by atoms with Crippen LogP contribution in [0.2, 0.25) is 0 Å². The molecule has 0 aliphatic carbocycles. The lowest BCUT2D eigenvalue weighted by Gasteiger charge is -2.10. The fraction of sp³-hybridized carbons (Fsp3) is 0.143. The van der Waals surface area contributed by atoms with Gasteiger partial charge in [-0.1, -0.05) is 30.3 Å². The highest BCUT2D eigenvalue weighted by Gasteiger charge is 2.09. The zero-order chi connectivity index (χ0) is 12.1. The van der Waals surface area contributed by atoms with E-state index in [1.165, 1.54) is 13.2 Å². The van der Waals surface area contributed by atoms with Crippen molar-refractivity contribution in [2.45, 2.75) is 6.61 Å². The van der Waals surface area contributed by atoms with E-state index in [2.05, 4.69) is 6.07 Å². The molecular formula is C14H12FO2. The molecule has 0 bridgehead atoms. The SMILES string of the molecule is COc1c(F)c[c]cc1OCc1ccccc1. The van der Waals surface area contributed by atoms with Crippen LogP contribution < -0.4 is 9.47 Å². The van der Waals surface area contributed by atoms with E-state index in [0.29, 0.717) is 12.4 Å². The largest absolute Gasteiger partial charge is 0.490 e. The van der Waals surface area contributed by atoms with Gasteiger partial charge in [-0.15, -0.1) is 0 Å². The minimum absolute atomic E-state index is 0.111. The van der Waals surface area contributed by atoms with Crippen molar-refractivity contribution in [1.29, 1.82) is 0 Å². The summed E-state index contributed by atoms with van der Waals surface area (Å²) < 4.78 is 23.8. The zero-order valence-corrected chi connectivity index (χ0v) is 9.44. The molecule has 0 saturated heterocycles. The molecule has 2 nitrogen and oxygen atoms in total. The molecule has 17 heavy (non-hydrogen) atoms. The molecule has 0 atom stereocenters. The van der Waals surface area contributed by atoms with Gasteiger partial charge in [0.25, 0.3) is 0 Å². The summed E-state index contributed by atoms with van der Waals surface area (Å²) in [6.07, 6.45) is 0. The van der Waals surface area contributed by atoms with Crippen LogP contribution in [0, 0.1) is 11.9 Å². The Hall–Kier alpha value is -2.03. The van der Waals surface area contributed by atoms with E-state index in [-0.39, 0.29) is 5.75 Å². The smallest absolute Gasteiger partial charge is 0.196 e. The molecular weight excluding hydrogens is 219 g/mol. The molecule has 2 aromatic rings. The van der Waals surface area contributed by atoms with E-state index >= 15 is 0 Å². The Morgan fingerprint density at radius 3 is 2.65 bits per heavy atom. The Morgan fingerprint density at radius 1 is 1.18 bits per heavy atom. The van der Waals surface area contributed by atoms with Crippen LogP contribution in [0.4, 0.5) is 4.39 Å².